The Morgan fingerprint density at radius 2 is 1.85 bits per heavy atom. The van der Waals surface area contributed by atoms with E-state index in [4.69, 9.17) is 4.74 Å². The molecule has 0 saturated carbocycles. The first-order valence-electron chi connectivity index (χ1n) is 8.49. The minimum absolute atomic E-state index is 0.134. The molecule has 1 heterocycles. The van der Waals surface area contributed by atoms with Gasteiger partial charge in [0.25, 0.3) is 11.1 Å². The Labute approximate surface area is 157 Å². The molecule has 0 bridgehead atoms. The average molecular weight is 367 g/mol. The molecule has 0 atom stereocenters. The van der Waals surface area contributed by atoms with Crippen molar-refractivity contribution in [1.82, 2.24) is 4.90 Å². The summed E-state index contributed by atoms with van der Waals surface area (Å²) in [5, 5.41) is -0.214. The van der Waals surface area contributed by atoms with Crippen LogP contribution in [0.4, 0.5) is 4.79 Å². The van der Waals surface area contributed by atoms with Gasteiger partial charge < -0.3 is 4.74 Å². The summed E-state index contributed by atoms with van der Waals surface area (Å²) in [7, 11) is 0. The van der Waals surface area contributed by atoms with Crippen molar-refractivity contribution in [2.24, 2.45) is 0 Å². The molecule has 2 amide bonds. The molecule has 0 unspecified atom stereocenters. The molecule has 5 heteroatoms. The molecule has 0 spiro atoms. The predicted molar refractivity (Wildman–Crippen MR) is 105 cm³/mol. The third-order valence-corrected chi connectivity index (χ3v) is 4.89. The summed E-state index contributed by atoms with van der Waals surface area (Å²) in [5.41, 5.74) is 3.19. The fourth-order valence-corrected chi connectivity index (χ4v) is 3.67. The highest BCUT2D eigenvalue weighted by Gasteiger charge is 2.36. The van der Waals surface area contributed by atoms with Gasteiger partial charge in [-0.1, -0.05) is 42.0 Å². The van der Waals surface area contributed by atoms with E-state index >= 15 is 0 Å². The smallest absolute Gasteiger partial charge is 0.293 e. The number of thioether (sulfide) groups is 1. The van der Waals surface area contributed by atoms with Crippen molar-refractivity contribution >= 4 is 29.0 Å². The molecule has 3 rings (SSSR count). The van der Waals surface area contributed by atoms with Gasteiger partial charge in [0.2, 0.25) is 0 Å². The number of hydrogen-bond donors (Lipinski definition) is 0. The Balaban J connectivity index is 1.66. The van der Waals surface area contributed by atoms with Gasteiger partial charge in [-0.25, -0.2) is 0 Å². The van der Waals surface area contributed by atoms with Crippen molar-refractivity contribution in [2.45, 2.75) is 33.4 Å². The molecule has 4 nitrogen and oxygen atoms in total. The highest BCUT2D eigenvalue weighted by atomic mass is 32.2. The van der Waals surface area contributed by atoms with Crippen LogP contribution in [0.1, 0.15) is 30.5 Å². The third-order valence-electron chi connectivity index (χ3n) is 4.01. The van der Waals surface area contributed by atoms with Crippen LogP contribution in [0, 0.1) is 6.92 Å². The molecular formula is C21H21NO3S. The van der Waals surface area contributed by atoms with Gasteiger partial charge in [0.05, 0.1) is 4.91 Å². The summed E-state index contributed by atoms with van der Waals surface area (Å²) in [6.45, 7) is 6.23. The van der Waals surface area contributed by atoms with Crippen molar-refractivity contribution in [2.75, 3.05) is 0 Å². The van der Waals surface area contributed by atoms with E-state index in [-0.39, 0.29) is 17.2 Å². The first kappa shape index (κ1) is 18.3. The van der Waals surface area contributed by atoms with Crippen molar-refractivity contribution in [3.05, 3.63) is 70.1 Å². The third kappa shape index (κ3) is 4.17. The van der Waals surface area contributed by atoms with Crippen LogP contribution in [0.25, 0.3) is 6.08 Å². The van der Waals surface area contributed by atoms with Gasteiger partial charge in [0.15, 0.2) is 0 Å². The fraction of sp³-hybridized carbons (Fsp3) is 0.238. The number of carbonyl (C=O) groups excluding carboxylic acids is 2. The highest BCUT2D eigenvalue weighted by molar-refractivity contribution is 8.18. The molecule has 2 aromatic rings. The second-order valence-electron chi connectivity index (χ2n) is 6.49. The number of amides is 2. The van der Waals surface area contributed by atoms with Gasteiger partial charge in [-0.2, -0.15) is 0 Å². The molecule has 2 aromatic carbocycles. The van der Waals surface area contributed by atoms with E-state index in [2.05, 4.69) is 19.1 Å². The van der Waals surface area contributed by atoms with E-state index in [1.54, 1.807) is 6.08 Å². The molecule has 1 aliphatic heterocycles. The van der Waals surface area contributed by atoms with Crippen molar-refractivity contribution in [3.8, 4) is 5.75 Å². The summed E-state index contributed by atoms with van der Waals surface area (Å²) in [6, 6.07) is 15.6. The molecular weight excluding hydrogens is 346 g/mol. The lowest BCUT2D eigenvalue weighted by Gasteiger charge is -2.16. The van der Waals surface area contributed by atoms with Crippen LogP contribution in [0.5, 0.6) is 5.75 Å². The van der Waals surface area contributed by atoms with Crippen LogP contribution in [-0.4, -0.2) is 22.1 Å². The Hall–Kier alpha value is -2.53. The first-order valence-corrected chi connectivity index (χ1v) is 9.31. The van der Waals surface area contributed by atoms with E-state index in [1.165, 1.54) is 10.5 Å². The van der Waals surface area contributed by atoms with Crippen LogP contribution in [0.2, 0.25) is 0 Å². The molecule has 134 valence electrons. The van der Waals surface area contributed by atoms with Crippen molar-refractivity contribution in [3.63, 3.8) is 0 Å². The molecule has 1 fully saturated rings. The largest absolute Gasteiger partial charge is 0.489 e. The number of carbonyl (C=O) groups is 2. The maximum Gasteiger partial charge on any atom is 0.293 e. The van der Waals surface area contributed by atoms with E-state index < -0.39 is 0 Å². The van der Waals surface area contributed by atoms with E-state index in [1.807, 2.05) is 50.2 Å². The summed E-state index contributed by atoms with van der Waals surface area (Å²) >= 11 is 0.985. The van der Waals surface area contributed by atoms with Gasteiger partial charge in [-0.05, 0) is 61.9 Å². The SMILES string of the molecule is Cc1cccc(COc2ccc(/C=C3/SC(=O)N(C(C)C)C3=O)cc2)c1. The summed E-state index contributed by atoms with van der Waals surface area (Å²) < 4.78 is 5.80. The zero-order chi connectivity index (χ0) is 18.7. The number of imide groups is 1. The summed E-state index contributed by atoms with van der Waals surface area (Å²) in [6.07, 6.45) is 1.75. The number of hydrogen-bond acceptors (Lipinski definition) is 4. The van der Waals surface area contributed by atoms with Gasteiger partial charge in [0.1, 0.15) is 12.4 Å². The molecule has 26 heavy (non-hydrogen) atoms. The molecule has 0 aromatic heterocycles. The highest BCUT2D eigenvalue weighted by Crippen LogP contribution is 2.33. The quantitative estimate of drug-likeness (QED) is 0.696. The monoisotopic (exact) mass is 367 g/mol. The van der Waals surface area contributed by atoms with E-state index in [9.17, 15) is 9.59 Å². The zero-order valence-electron chi connectivity index (χ0n) is 15.1. The number of aryl methyl sites for hydroxylation is 1. The minimum Gasteiger partial charge on any atom is -0.489 e. The van der Waals surface area contributed by atoms with E-state index in [0.29, 0.717) is 11.5 Å². The van der Waals surface area contributed by atoms with E-state index in [0.717, 1.165) is 28.6 Å². The molecule has 1 aliphatic rings. The normalized spacial score (nSPS) is 16.0. The summed E-state index contributed by atoms with van der Waals surface area (Å²) in [5.74, 6) is 0.536. The second kappa shape index (κ2) is 7.79. The fourth-order valence-electron chi connectivity index (χ4n) is 2.71. The lowest BCUT2D eigenvalue weighted by atomic mass is 10.1. The lowest BCUT2D eigenvalue weighted by molar-refractivity contribution is -0.123. The maximum absolute atomic E-state index is 12.3. The molecule has 1 saturated heterocycles. The van der Waals surface area contributed by atoms with Crippen molar-refractivity contribution < 1.29 is 14.3 Å². The van der Waals surface area contributed by atoms with Crippen LogP contribution < -0.4 is 4.74 Å². The van der Waals surface area contributed by atoms with Gasteiger partial charge in [-0.15, -0.1) is 0 Å². The summed E-state index contributed by atoms with van der Waals surface area (Å²) in [4.78, 5) is 26.0. The molecule has 0 radical (unpaired) electrons. The second-order valence-corrected chi connectivity index (χ2v) is 7.49. The van der Waals surface area contributed by atoms with Gasteiger partial charge >= 0.3 is 0 Å². The Kier molecular flexibility index (Phi) is 5.47. The number of benzene rings is 2. The number of ether oxygens (including phenoxy) is 1. The maximum atomic E-state index is 12.3. The van der Waals surface area contributed by atoms with Crippen LogP contribution >= 0.6 is 11.8 Å². The van der Waals surface area contributed by atoms with Crippen LogP contribution in [0.3, 0.4) is 0 Å². The standard InChI is InChI=1S/C21H21NO3S/c1-14(2)22-20(23)19(26-21(22)24)12-16-7-9-18(10-8-16)25-13-17-6-4-5-15(3)11-17/h4-12,14H,13H2,1-3H3/b19-12+. The average Bonchev–Trinajstić information content (AvgIpc) is 2.88. The Bertz CT molecular complexity index is 856. The predicted octanol–water partition coefficient (Wildman–Crippen LogP) is 5.02. The van der Waals surface area contributed by atoms with Gasteiger partial charge in [-0.3, -0.25) is 14.5 Å². The Morgan fingerprint density at radius 3 is 2.46 bits per heavy atom. The number of rotatable bonds is 5. The zero-order valence-corrected chi connectivity index (χ0v) is 15.9. The first-order chi connectivity index (χ1) is 12.4. The van der Waals surface area contributed by atoms with Gasteiger partial charge in [0, 0.05) is 6.04 Å². The van der Waals surface area contributed by atoms with Crippen LogP contribution in [-0.2, 0) is 11.4 Å². The Morgan fingerprint density at radius 1 is 1.12 bits per heavy atom. The van der Waals surface area contributed by atoms with Crippen LogP contribution in [0.15, 0.2) is 53.4 Å². The minimum atomic E-state index is -0.227. The molecule has 0 N–H and O–H groups in total. The topological polar surface area (TPSA) is 46.6 Å². The number of nitrogens with zero attached hydrogens (tertiary/aromatic N) is 1. The molecule has 0 aliphatic carbocycles. The van der Waals surface area contributed by atoms with Crippen molar-refractivity contribution in [1.29, 1.82) is 0 Å². The lowest BCUT2D eigenvalue weighted by Crippen LogP contribution is -2.34.